The first kappa shape index (κ1) is 19.7. The smallest absolute Gasteiger partial charge is 0.290 e. The number of benzene rings is 2. The molecule has 0 bridgehead atoms. The van der Waals surface area contributed by atoms with Gasteiger partial charge in [0.15, 0.2) is 11.5 Å². The van der Waals surface area contributed by atoms with Gasteiger partial charge < -0.3 is 24.3 Å². The Morgan fingerprint density at radius 1 is 1.13 bits per heavy atom. The van der Waals surface area contributed by atoms with Crippen LogP contribution in [-0.4, -0.2) is 47.1 Å². The SMILES string of the molecule is COCCCN1C(=O)C(O)=C(C(=O)c2cc3ccccc3o2)C1c1ccc(O)cc1. The number of amides is 1. The van der Waals surface area contributed by atoms with E-state index in [0.29, 0.717) is 30.7 Å². The molecule has 154 valence electrons. The van der Waals surface area contributed by atoms with E-state index in [9.17, 15) is 19.8 Å². The highest BCUT2D eigenvalue weighted by molar-refractivity contribution is 6.16. The number of hydrogen-bond acceptors (Lipinski definition) is 6. The maximum Gasteiger partial charge on any atom is 0.290 e. The summed E-state index contributed by atoms with van der Waals surface area (Å²) in [5.74, 6) is -1.65. The molecule has 1 aromatic heterocycles. The summed E-state index contributed by atoms with van der Waals surface area (Å²) >= 11 is 0. The Balaban J connectivity index is 1.76. The van der Waals surface area contributed by atoms with E-state index in [4.69, 9.17) is 9.15 Å². The van der Waals surface area contributed by atoms with Crippen LogP contribution in [0.2, 0.25) is 0 Å². The molecule has 1 aliphatic rings. The second-order valence-electron chi connectivity index (χ2n) is 7.08. The van der Waals surface area contributed by atoms with Crippen molar-refractivity contribution in [2.75, 3.05) is 20.3 Å². The highest BCUT2D eigenvalue weighted by Crippen LogP contribution is 2.40. The average molecular weight is 407 g/mol. The van der Waals surface area contributed by atoms with Crippen molar-refractivity contribution in [2.24, 2.45) is 0 Å². The van der Waals surface area contributed by atoms with Crippen molar-refractivity contribution in [3.63, 3.8) is 0 Å². The van der Waals surface area contributed by atoms with Crippen LogP contribution in [0.25, 0.3) is 11.0 Å². The van der Waals surface area contributed by atoms with Crippen molar-refractivity contribution >= 4 is 22.7 Å². The van der Waals surface area contributed by atoms with Crippen molar-refractivity contribution in [2.45, 2.75) is 12.5 Å². The van der Waals surface area contributed by atoms with Gasteiger partial charge >= 0.3 is 0 Å². The molecule has 0 saturated heterocycles. The van der Waals surface area contributed by atoms with Crippen molar-refractivity contribution in [1.82, 2.24) is 4.90 Å². The number of aliphatic hydroxyl groups is 1. The summed E-state index contributed by atoms with van der Waals surface area (Å²) in [6.07, 6.45) is 0.538. The highest BCUT2D eigenvalue weighted by atomic mass is 16.5. The molecule has 1 atom stereocenters. The minimum absolute atomic E-state index is 0.0397. The third-order valence-electron chi connectivity index (χ3n) is 5.15. The molecular weight excluding hydrogens is 386 g/mol. The zero-order valence-electron chi connectivity index (χ0n) is 16.4. The number of phenolic OH excluding ortho intramolecular Hbond substituents is 1. The Morgan fingerprint density at radius 2 is 1.87 bits per heavy atom. The van der Waals surface area contributed by atoms with Crippen LogP contribution < -0.4 is 0 Å². The van der Waals surface area contributed by atoms with E-state index in [0.717, 1.165) is 5.39 Å². The third-order valence-corrected chi connectivity index (χ3v) is 5.15. The van der Waals surface area contributed by atoms with Crippen LogP contribution in [0.3, 0.4) is 0 Å². The summed E-state index contributed by atoms with van der Waals surface area (Å²) in [6, 6.07) is 14.2. The number of aliphatic hydroxyl groups excluding tert-OH is 1. The normalized spacial score (nSPS) is 16.6. The van der Waals surface area contributed by atoms with Crippen LogP contribution in [0, 0.1) is 0 Å². The summed E-state index contributed by atoms with van der Waals surface area (Å²) in [4.78, 5) is 27.6. The number of ether oxygens (including phenoxy) is 1. The van der Waals surface area contributed by atoms with Crippen molar-refractivity contribution in [1.29, 1.82) is 0 Å². The summed E-state index contributed by atoms with van der Waals surface area (Å²) in [6.45, 7) is 0.721. The number of para-hydroxylation sites is 1. The van der Waals surface area contributed by atoms with E-state index in [1.54, 1.807) is 37.4 Å². The number of carbonyl (C=O) groups is 2. The maximum atomic E-state index is 13.3. The Hall–Kier alpha value is -3.58. The second-order valence-corrected chi connectivity index (χ2v) is 7.08. The number of fused-ring (bicyclic) bond motifs is 1. The summed E-state index contributed by atoms with van der Waals surface area (Å²) < 4.78 is 10.7. The minimum Gasteiger partial charge on any atom is -0.508 e. The first-order chi connectivity index (χ1) is 14.5. The zero-order valence-corrected chi connectivity index (χ0v) is 16.4. The van der Waals surface area contributed by atoms with Gasteiger partial charge in [-0.2, -0.15) is 0 Å². The number of aromatic hydroxyl groups is 1. The number of phenols is 1. The molecule has 0 fully saturated rings. The molecule has 1 aliphatic heterocycles. The molecular formula is C23H21NO6. The summed E-state index contributed by atoms with van der Waals surface area (Å²) in [5.41, 5.74) is 1.10. The quantitative estimate of drug-likeness (QED) is 0.457. The number of carbonyl (C=O) groups excluding carboxylic acids is 2. The Bertz CT molecular complexity index is 1100. The Morgan fingerprint density at radius 3 is 2.57 bits per heavy atom. The van der Waals surface area contributed by atoms with Gasteiger partial charge in [-0.3, -0.25) is 9.59 Å². The maximum absolute atomic E-state index is 13.3. The van der Waals surface area contributed by atoms with Crippen molar-refractivity contribution in [3.8, 4) is 5.75 Å². The number of furan rings is 1. The van der Waals surface area contributed by atoms with E-state index in [2.05, 4.69) is 0 Å². The second kappa shape index (κ2) is 8.04. The molecule has 0 saturated carbocycles. The van der Waals surface area contributed by atoms with Crippen LogP contribution in [-0.2, 0) is 9.53 Å². The fourth-order valence-corrected chi connectivity index (χ4v) is 3.73. The molecule has 3 aromatic rings. The predicted octanol–water partition coefficient (Wildman–Crippen LogP) is 3.75. The Labute approximate surface area is 172 Å². The number of ketones is 1. The van der Waals surface area contributed by atoms with E-state index in [1.165, 1.54) is 17.0 Å². The van der Waals surface area contributed by atoms with Crippen molar-refractivity contribution < 1.29 is 29.0 Å². The highest BCUT2D eigenvalue weighted by Gasteiger charge is 2.44. The summed E-state index contributed by atoms with van der Waals surface area (Å²) in [7, 11) is 1.56. The standard InChI is InChI=1S/C23H21NO6/c1-29-12-4-11-24-20(14-7-9-16(25)10-8-14)19(22(27)23(24)28)21(26)18-13-15-5-2-3-6-17(15)30-18/h2-3,5-10,13,20,25,27H,4,11-12H2,1H3. The molecule has 2 aromatic carbocycles. The van der Waals surface area contributed by atoms with E-state index in [1.807, 2.05) is 12.1 Å². The zero-order chi connectivity index (χ0) is 21.3. The monoisotopic (exact) mass is 407 g/mol. The van der Waals surface area contributed by atoms with Crippen molar-refractivity contribution in [3.05, 3.63) is 77.3 Å². The molecule has 0 spiro atoms. The molecule has 4 rings (SSSR count). The molecule has 1 unspecified atom stereocenters. The van der Waals surface area contributed by atoms with Crippen LogP contribution in [0.4, 0.5) is 0 Å². The lowest BCUT2D eigenvalue weighted by Crippen LogP contribution is -2.32. The molecule has 0 radical (unpaired) electrons. The first-order valence-corrected chi connectivity index (χ1v) is 9.56. The lowest BCUT2D eigenvalue weighted by Gasteiger charge is -2.26. The number of Topliss-reactive ketones (excluding diaryl/α,β-unsaturated/α-hetero) is 1. The lowest BCUT2D eigenvalue weighted by molar-refractivity contribution is -0.129. The van der Waals surface area contributed by atoms with Crippen LogP contribution >= 0.6 is 0 Å². The van der Waals surface area contributed by atoms with Gasteiger partial charge in [0.1, 0.15) is 11.3 Å². The first-order valence-electron chi connectivity index (χ1n) is 9.56. The minimum atomic E-state index is -0.796. The number of rotatable bonds is 7. The van der Waals surface area contributed by atoms with Gasteiger partial charge in [0.25, 0.3) is 5.91 Å². The van der Waals surface area contributed by atoms with Gasteiger partial charge in [0, 0.05) is 25.6 Å². The molecule has 30 heavy (non-hydrogen) atoms. The molecule has 7 nitrogen and oxygen atoms in total. The predicted molar refractivity (Wildman–Crippen MR) is 109 cm³/mol. The molecule has 1 amide bonds. The lowest BCUT2D eigenvalue weighted by atomic mass is 9.95. The van der Waals surface area contributed by atoms with Gasteiger partial charge in [-0.15, -0.1) is 0 Å². The third kappa shape index (κ3) is 3.44. The van der Waals surface area contributed by atoms with E-state index >= 15 is 0 Å². The molecule has 0 aliphatic carbocycles. The van der Waals surface area contributed by atoms with E-state index < -0.39 is 23.5 Å². The van der Waals surface area contributed by atoms with Gasteiger partial charge in [-0.25, -0.2) is 0 Å². The molecule has 2 N–H and O–H groups in total. The topological polar surface area (TPSA) is 100 Å². The largest absolute Gasteiger partial charge is 0.508 e. The number of methoxy groups -OCH3 is 1. The van der Waals surface area contributed by atoms with Crippen LogP contribution in [0.5, 0.6) is 5.75 Å². The van der Waals surface area contributed by atoms with Crippen LogP contribution in [0.15, 0.2) is 70.3 Å². The van der Waals surface area contributed by atoms with Gasteiger partial charge in [-0.05, 0) is 36.2 Å². The summed E-state index contributed by atoms with van der Waals surface area (Å²) in [5, 5.41) is 21.0. The van der Waals surface area contributed by atoms with Gasteiger partial charge in [0.05, 0.1) is 11.6 Å². The number of nitrogens with zero attached hydrogens (tertiary/aromatic N) is 1. The van der Waals surface area contributed by atoms with E-state index in [-0.39, 0.29) is 17.1 Å². The molecule has 2 heterocycles. The van der Waals surface area contributed by atoms with Gasteiger partial charge in [0.2, 0.25) is 5.78 Å². The number of hydrogen-bond donors (Lipinski definition) is 2. The average Bonchev–Trinajstić information content (AvgIpc) is 3.29. The van der Waals surface area contributed by atoms with Gasteiger partial charge in [-0.1, -0.05) is 30.3 Å². The van der Waals surface area contributed by atoms with Crippen LogP contribution in [0.1, 0.15) is 28.6 Å². The fourth-order valence-electron chi connectivity index (χ4n) is 3.73. The molecule has 7 heteroatoms. The Kier molecular flexibility index (Phi) is 5.29. The fraction of sp³-hybridized carbons (Fsp3) is 0.217.